The highest BCUT2D eigenvalue weighted by atomic mass is 16.4. The second kappa shape index (κ2) is 3.69. The van der Waals surface area contributed by atoms with Gasteiger partial charge in [-0.1, -0.05) is 6.07 Å². The molecule has 0 saturated carbocycles. The predicted molar refractivity (Wildman–Crippen MR) is 56.9 cm³/mol. The molecule has 2 aromatic rings. The normalized spacial score (nSPS) is 10.3. The van der Waals surface area contributed by atoms with Crippen molar-refractivity contribution in [1.29, 1.82) is 0 Å². The number of aromatic carboxylic acids is 1. The van der Waals surface area contributed by atoms with Crippen molar-refractivity contribution in [2.24, 2.45) is 0 Å². The Morgan fingerprint density at radius 2 is 2.19 bits per heavy atom. The van der Waals surface area contributed by atoms with Crippen molar-refractivity contribution < 1.29 is 15.0 Å². The summed E-state index contributed by atoms with van der Waals surface area (Å²) in [5, 5.41) is 22.3. The zero-order chi connectivity index (χ0) is 11.7. The first kappa shape index (κ1) is 10.2. The van der Waals surface area contributed by atoms with Gasteiger partial charge in [-0.05, 0) is 24.6 Å². The van der Waals surface area contributed by atoms with Crippen LogP contribution in [-0.2, 0) is 0 Å². The number of benzene rings is 1. The summed E-state index contributed by atoms with van der Waals surface area (Å²) in [6.07, 6.45) is 2.60. The molecule has 0 aliphatic carbocycles. The van der Waals surface area contributed by atoms with Crippen molar-refractivity contribution >= 4 is 5.97 Å². The van der Waals surface area contributed by atoms with Crippen LogP contribution in [0.2, 0.25) is 0 Å². The van der Waals surface area contributed by atoms with Gasteiger partial charge in [-0.2, -0.15) is 5.10 Å². The molecule has 0 fully saturated rings. The van der Waals surface area contributed by atoms with Gasteiger partial charge in [0.2, 0.25) is 0 Å². The van der Waals surface area contributed by atoms with Crippen LogP contribution in [0.15, 0.2) is 30.6 Å². The molecule has 0 aliphatic heterocycles. The van der Waals surface area contributed by atoms with Gasteiger partial charge in [-0.25, -0.2) is 9.48 Å². The predicted octanol–water partition coefficient (Wildman–Crippen LogP) is 1.58. The first-order valence-corrected chi connectivity index (χ1v) is 4.66. The summed E-state index contributed by atoms with van der Waals surface area (Å²) in [6, 6.07) is 5.04. The van der Waals surface area contributed by atoms with Gasteiger partial charge < -0.3 is 10.2 Å². The Morgan fingerprint density at radius 3 is 2.81 bits per heavy atom. The zero-order valence-corrected chi connectivity index (χ0v) is 8.58. The first-order chi connectivity index (χ1) is 7.58. The lowest BCUT2D eigenvalue weighted by atomic mass is 10.2. The standard InChI is InChI=1S/C11H10N2O3/c1-7-2-3-10(14)9(4-7)13-6-8(5-12-13)11(15)16/h2-6,14H,1H3,(H,15,16). The second-order valence-electron chi connectivity index (χ2n) is 3.47. The van der Waals surface area contributed by atoms with E-state index in [-0.39, 0.29) is 11.3 Å². The number of nitrogens with zero attached hydrogens (tertiary/aromatic N) is 2. The molecule has 16 heavy (non-hydrogen) atoms. The molecule has 0 aliphatic rings. The smallest absolute Gasteiger partial charge is 0.338 e. The summed E-state index contributed by atoms with van der Waals surface area (Å²) in [7, 11) is 0. The third-order valence-corrected chi connectivity index (χ3v) is 2.21. The average molecular weight is 218 g/mol. The lowest BCUT2D eigenvalue weighted by molar-refractivity contribution is 0.0697. The van der Waals surface area contributed by atoms with E-state index in [1.165, 1.54) is 17.1 Å². The molecule has 1 aromatic heterocycles. The van der Waals surface area contributed by atoms with Crippen LogP contribution >= 0.6 is 0 Å². The van der Waals surface area contributed by atoms with Crippen LogP contribution < -0.4 is 0 Å². The van der Waals surface area contributed by atoms with E-state index in [1.54, 1.807) is 18.2 Å². The fraction of sp³-hybridized carbons (Fsp3) is 0.0909. The minimum Gasteiger partial charge on any atom is -0.506 e. The Kier molecular flexibility index (Phi) is 2.36. The Bertz CT molecular complexity index is 546. The highest BCUT2D eigenvalue weighted by Crippen LogP contribution is 2.22. The molecule has 0 saturated heterocycles. The topological polar surface area (TPSA) is 75.4 Å². The van der Waals surface area contributed by atoms with Crippen LogP contribution in [0.5, 0.6) is 5.75 Å². The molecule has 0 atom stereocenters. The molecule has 2 N–H and O–H groups in total. The van der Waals surface area contributed by atoms with Gasteiger partial charge in [0.1, 0.15) is 11.4 Å². The van der Waals surface area contributed by atoms with E-state index in [4.69, 9.17) is 5.11 Å². The molecule has 82 valence electrons. The van der Waals surface area contributed by atoms with E-state index in [2.05, 4.69) is 5.10 Å². The fourth-order valence-corrected chi connectivity index (χ4v) is 1.38. The molecule has 1 heterocycles. The summed E-state index contributed by atoms with van der Waals surface area (Å²) in [4.78, 5) is 10.7. The monoisotopic (exact) mass is 218 g/mol. The maximum absolute atomic E-state index is 10.7. The first-order valence-electron chi connectivity index (χ1n) is 4.66. The van der Waals surface area contributed by atoms with E-state index < -0.39 is 5.97 Å². The molecular formula is C11H10N2O3. The molecule has 0 unspecified atom stereocenters. The quantitative estimate of drug-likeness (QED) is 0.802. The lowest BCUT2D eigenvalue weighted by Gasteiger charge is -2.04. The number of aromatic hydroxyl groups is 1. The summed E-state index contributed by atoms with van der Waals surface area (Å²) < 4.78 is 1.34. The fourth-order valence-electron chi connectivity index (χ4n) is 1.38. The summed E-state index contributed by atoms with van der Waals surface area (Å²) in [6.45, 7) is 1.88. The van der Waals surface area contributed by atoms with Gasteiger partial charge in [0.25, 0.3) is 0 Å². The number of carboxylic acids is 1. The van der Waals surface area contributed by atoms with E-state index in [1.807, 2.05) is 6.92 Å². The van der Waals surface area contributed by atoms with E-state index in [9.17, 15) is 9.90 Å². The number of hydrogen-bond donors (Lipinski definition) is 2. The van der Waals surface area contributed by atoms with Crippen molar-refractivity contribution in [3.05, 3.63) is 41.7 Å². The maximum atomic E-state index is 10.7. The Hall–Kier alpha value is -2.30. The van der Waals surface area contributed by atoms with E-state index in [0.717, 1.165) is 5.56 Å². The molecule has 0 spiro atoms. The number of carbonyl (C=O) groups is 1. The second-order valence-corrected chi connectivity index (χ2v) is 3.47. The number of hydrogen-bond acceptors (Lipinski definition) is 3. The lowest BCUT2D eigenvalue weighted by Crippen LogP contribution is -1.96. The molecule has 5 nitrogen and oxygen atoms in total. The van der Waals surface area contributed by atoms with Crippen molar-refractivity contribution in [2.45, 2.75) is 6.92 Å². The third kappa shape index (κ3) is 1.75. The molecule has 0 amide bonds. The van der Waals surface area contributed by atoms with Crippen LogP contribution in [0.1, 0.15) is 15.9 Å². The van der Waals surface area contributed by atoms with Gasteiger partial charge in [0, 0.05) is 6.20 Å². The van der Waals surface area contributed by atoms with E-state index >= 15 is 0 Å². The molecule has 0 bridgehead atoms. The number of phenols is 1. The zero-order valence-electron chi connectivity index (χ0n) is 8.58. The van der Waals surface area contributed by atoms with Crippen molar-refractivity contribution in [3.8, 4) is 11.4 Å². The molecule has 1 aromatic carbocycles. The average Bonchev–Trinajstić information content (AvgIpc) is 2.70. The van der Waals surface area contributed by atoms with Gasteiger partial charge in [0.05, 0.1) is 11.8 Å². The molecular weight excluding hydrogens is 208 g/mol. The van der Waals surface area contributed by atoms with Gasteiger partial charge in [-0.15, -0.1) is 0 Å². The van der Waals surface area contributed by atoms with E-state index in [0.29, 0.717) is 5.69 Å². The number of aryl methyl sites for hydroxylation is 1. The number of phenolic OH excluding ortho intramolecular Hbond substituents is 1. The Morgan fingerprint density at radius 1 is 1.44 bits per heavy atom. The highest BCUT2D eigenvalue weighted by Gasteiger charge is 2.09. The third-order valence-electron chi connectivity index (χ3n) is 2.21. The van der Waals surface area contributed by atoms with Crippen molar-refractivity contribution in [2.75, 3.05) is 0 Å². The number of carboxylic acid groups (broad SMARTS) is 1. The van der Waals surface area contributed by atoms with Crippen LogP contribution in [0.25, 0.3) is 5.69 Å². The summed E-state index contributed by atoms with van der Waals surface area (Å²) in [5.74, 6) is -0.982. The Balaban J connectivity index is 2.50. The van der Waals surface area contributed by atoms with Crippen LogP contribution in [-0.4, -0.2) is 26.0 Å². The largest absolute Gasteiger partial charge is 0.506 e. The van der Waals surface area contributed by atoms with Crippen LogP contribution in [0.4, 0.5) is 0 Å². The Labute approximate surface area is 91.6 Å². The van der Waals surface area contributed by atoms with Gasteiger partial charge >= 0.3 is 5.97 Å². The maximum Gasteiger partial charge on any atom is 0.338 e. The highest BCUT2D eigenvalue weighted by molar-refractivity contribution is 5.87. The minimum atomic E-state index is -1.04. The van der Waals surface area contributed by atoms with Crippen LogP contribution in [0.3, 0.4) is 0 Å². The number of aromatic nitrogens is 2. The van der Waals surface area contributed by atoms with Crippen molar-refractivity contribution in [3.63, 3.8) is 0 Å². The summed E-state index contributed by atoms with van der Waals surface area (Å²) >= 11 is 0. The van der Waals surface area contributed by atoms with Gasteiger partial charge in [0.15, 0.2) is 0 Å². The molecule has 2 rings (SSSR count). The van der Waals surface area contributed by atoms with Gasteiger partial charge in [-0.3, -0.25) is 0 Å². The number of rotatable bonds is 2. The van der Waals surface area contributed by atoms with Crippen molar-refractivity contribution in [1.82, 2.24) is 9.78 Å². The SMILES string of the molecule is Cc1ccc(O)c(-n2cc(C(=O)O)cn2)c1. The van der Waals surface area contributed by atoms with Crippen LogP contribution in [0, 0.1) is 6.92 Å². The minimum absolute atomic E-state index is 0.0608. The molecule has 5 heteroatoms. The summed E-state index contributed by atoms with van der Waals surface area (Å²) in [5.41, 5.74) is 1.51. The molecule has 0 radical (unpaired) electrons.